The van der Waals surface area contributed by atoms with Gasteiger partial charge in [0.15, 0.2) is 0 Å². The van der Waals surface area contributed by atoms with Gasteiger partial charge in [-0.15, -0.1) is 0 Å². The summed E-state index contributed by atoms with van der Waals surface area (Å²) in [6, 6.07) is 4.98. The highest BCUT2D eigenvalue weighted by Crippen LogP contribution is 2.19. The molecule has 1 aliphatic rings. The van der Waals surface area contributed by atoms with Crippen LogP contribution in [0.3, 0.4) is 0 Å². The summed E-state index contributed by atoms with van der Waals surface area (Å²) in [6.07, 6.45) is 3.65. The van der Waals surface area contributed by atoms with Gasteiger partial charge in [-0.2, -0.15) is 0 Å². The highest BCUT2D eigenvalue weighted by molar-refractivity contribution is 5.88. The minimum Gasteiger partial charge on any atom is -0.493 e. The van der Waals surface area contributed by atoms with Crippen molar-refractivity contribution in [3.63, 3.8) is 0 Å². The molecule has 1 fully saturated rings. The standard InChI is InChI=1S/C15H21NO3/c1-12-11-13(15(17)18)5-6-14(12)19-10-4-9-16-7-2-3-8-16/h5-6,11H,2-4,7-10H2,1H3,(H,17,18). The van der Waals surface area contributed by atoms with Crippen LogP contribution in [0.4, 0.5) is 0 Å². The normalized spacial score (nSPS) is 15.6. The molecule has 0 spiro atoms. The van der Waals surface area contributed by atoms with E-state index in [1.807, 2.05) is 6.92 Å². The average Bonchev–Trinajstić information content (AvgIpc) is 2.89. The smallest absolute Gasteiger partial charge is 0.335 e. The maximum absolute atomic E-state index is 10.8. The Kier molecular flexibility index (Phi) is 4.80. The van der Waals surface area contributed by atoms with E-state index in [1.165, 1.54) is 25.9 Å². The monoisotopic (exact) mass is 263 g/mol. The van der Waals surface area contributed by atoms with Crippen molar-refractivity contribution in [1.29, 1.82) is 0 Å². The summed E-state index contributed by atoms with van der Waals surface area (Å²) in [7, 11) is 0. The Morgan fingerprint density at radius 3 is 2.74 bits per heavy atom. The second-order valence-electron chi connectivity index (χ2n) is 5.04. The molecule has 4 heteroatoms. The molecule has 1 heterocycles. The van der Waals surface area contributed by atoms with E-state index >= 15 is 0 Å². The highest BCUT2D eigenvalue weighted by atomic mass is 16.5. The molecule has 0 bridgehead atoms. The minimum atomic E-state index is -0.899. The predicted octanol–water partition coefficient (Wildman–Crippen LogP) is 2.56. The molecule has 0 saturated carbocycles. The number of rotatable bonds is 6. The number of aromatic carboxylic acids is 1. The van der Waals surface area contributed by atoms with Crippen LogP contribution in [0.2, 0.25) is 0 Å². The molecule has 1 aromatic rings. The van der Waals surface area contributed by atoms with Crippen molar-refractivity contribution in [2.24, 2.45) is 0 Å². The number of likely N-dealkylation sites (tertiary alicyclic amines) is 1. The lowest BCUT2D eigenvalue weighted by Gasteiger charge is -2.15. The Labute approximate surface area is 114 Å². The van der Waals surface area contributed by atoms with Crippen molar-refractivity contribution in [2.45, 2.75) is 26.2 Å². The third-order valence-corrected chi connectivity index (χ3v) is 3.50. The molecule has 1 aromatic carbocycles. The molecule has 0 aliphatic carbocycles. The van der Waals surface area contributed by atoms with Crippen LogP contribution in [0.1, 0.15) is 35.2 Å². The van der Waals surface area contributed by atoms with Crippen molar-refractivity contribution >= 4 is 5.97 Å². The molecule has 0 unspecified atom stereocenters. The van der Waals surface area contributed by atoms with Gasteiger partial charge in [-0.25, -0.2) is 4.79 Å². The number of benzene rings is 1. The second-order valence-corrected chi connectivity index (χ2v) is 5.04. The molecule has 0 atom stereocenters. The van der Waals surface area contributed by atoms with Crippen molar-refractivity contribution in [3.05, 3.63) is 29.3 Å². The zero-order valence-electron chi connectivity index (χ0n) is 11.4. The molecule has 4 nitrogen and oxygen atoms in total. The Hall–Kier alpha value is -1.55. The predicted molar refractivity (Wildman–Crippen MR) is 73.9 cm³/mol. The Bertz CT molecular complexity index is 439. The van der Waals surface area contributed by atoms with E-state index < -0.39 is 5.97 Å². The van der Waals surface area contributed by atoms with E-state index in [0.29, 0.717) is 12.2 Å². The molecule has 0 amide bonds. The molecule has 0 radical (unpaired) electrons. The lowest BCUT2D eigenvalue weighted by molar-refractivity contribution is 0.0696. The zero-order valence-corrected chi connectivity index (χ0v) is 11.4. The van der Waals surface area contributed by atoms with Crippen LogP contribution in [0, 0.1) is 6.92 Å². The average molecular weight is 263 g/mol. The number of hydrogen-bond donors (Lipinski definition) is 1. The number of carboxylic acids is 1. The van der Waals surface area contributed by atoms with Crippen LogP contribution < -0.4 is 4.74 Å². The summed E-state index contributed by atoms with van der Waals surface area (Å²) >= 11 is 0. The molecule has 1 N–H and O–H groups in total. The first-order chi connectivity index (χ1) is 9.16. The quantitative estimate of drug-likeness (QED) is 0.801. The van der Waals surface area contributed by atoms with E-state index in [9.17, 15) is 4.79 Å². The Morgan fingerprint density at radius 1 is 1.37 bits per heavy atom. The van der Waals surface area contributed by atoms with Crippen molar-refractivity contribution in [2.75, 3.05) is 26.2 Å². The third-order valence-electron chi connectivity index (χ3n) is 3.50. The summed E-state index contributed by atoms with van der Waals surface area (Å²) < 4.78 is 5.71. The van der Waals surface area contributed by atoms with Crippen molar-refractivity contribution in [3.8, 4) is 5.75 Å². The highest BCUT2D eigenvalue weighted by Gasteiger charge is 2.11. The SMILES string of the molecule is Cc1cc(C(=O)O)ccc1OCCCN1CCCC1. The molecular weight excluding hydrogens is 242 g/mol. The molecule has 2 rings (SSSR count). The van der Waals surface area contributed by atoms with Crippen LogP contribution in [0.15, 0.2) is 18.2 Å². The van der Waals surface area contributed by atoms with Crippen molar-refractivity contribution < 1.29 is 14.6 Å². The number of nitrogens with zero attached hydrogens (tertiary/aromatic N) is 1. The summed E-state index contributed by atoms with van der Waals surface area (Å²) in [5.74, 6) is -0.116. The number of carboxylic acid groups (broad SMARTS) is 1. The number of hydrogen-bond acceptors (Lipinski definition) is 3. The van der Waals surface area contributed by atoms with Gasteiger partial charge in [0.2, 0.25) is 0 Å². The molecule has 0 aromatic heterocycles. The van der Waals surface area contributed by atoms with Gasteiger partial charge in [0.05, 0.1) is 12.2 Å². The van der Waals surface area contributed by atoms with Crippen LogP contribution >= 0.6 is 0 Å². The first kappa shape index (κ1) is 13.9. The number of carbonyl (C=O) groups is 1. The van der Waals surface area contributed by atoms with Crippen molar-refractivity contribution in [1.82, 2.24) is 4.90 Å². The molecular formula is C15H21NO3. The van der Waals surface area contributed by atoms with E-state index in [4.69, 9.17) is 9.84 Å². The van der Waals surface area contributed by atoms with Crippen LogP contribution in [-0.2, 0) is 0 Å². The summed E-state index contributed by atoms with van der Waals surface area (Å²) in [5.41, 5.74) is 1.18. The van der Waals surface area contributed by atoms with Crippen LogP contribution in [0.5, 0.6) is 5.75 Å². The fraction of sp³-hybridized carbons (Fsp3) is 0.533. The van der Waals surface area contributed by atoms with E-state index in [2.05, 4.69) is 4.90 Å². The Balaban J connectivity index is 1.77. The summed E-state index contributed by atoms with van der Waals surface area (Å²) in [5, 5.41) is 8.89. The van der Waals surface area contributed by atoms with Gasteiger partial charge in [0.25, 0.3) is 0 Å². The first-order valence-electron chi connectivity index (χ1n) is 6.86. The van der Waals surface area contributed by atoms with Gasteiger partial charge >= 0.3 is 5.97 Å². The van der Waals surface area contributed by atoms with Gasteiger partial charge in [-0.1, -0.05) is 0 Å². The van der Waals surface area contributed by atoms with E-state index in [0.717, 1.165) is 24.3 Å². The van der Waals surface area contributed by atoms with Gasteiger partial charge in [0.1, 0.15) is 5.75 Å². The second kappa shape index (κ2) is 6.57. The topological polar surface area (TPSA) is 49.8 Å². The van der Waals surface area contributed by atoms with Crippen LogP contribution in [-0.4, -0.2) is 42.2 Å². The summed E-state index contributed by atoms with van der Waals surface area (Å²) in [6.45, 7) is 6.08. The van der Waals surface area contributed by atoms with Gasteiger partial charge in [0, 0.05) is 6.54 Å². The van der Waals surface area contributed by atoms with Crippen LogP contribution in [0.25, 0.3) is 0 Å². The molecule has 1 saturated heterocycles. The zero-order chi connectivity index (χ0) is 13.7. The Morgan fingerprint density at radius 2 is 2.11 bits per heavy atom. The minimum absolute atomic E-state index is 0.307. The first-order valence-corrected chi connectivity index (χ1v) is 6.86. The van der Waals surface area contributed by atoms with E-state index in [-0.39, 0.29) is 0 Å². The van der Waals surface area contributed by atoms with Gasteiger partial charge in [-0.05, 0) is 63.0 Å². The van der Waals surface area contributed by atoms with E-state index in [1.54, 1.807) is 18.2 Å². The summed E-state index contributed by atoms with van der Waals surface area (Å²) in [4.78, 5) is 13.3. The largest absolute Gasteiger partial charge is 0.493 e. The fourth-order valence-corrected chi connectivity index (χ4v) is 2.42. The number of ether oxygens (including phenoxy) is 1. The number of aryl methyl sites for hydroxylation is 1. The maximum Gasteiger partial charge on any atom is 0.335 e. The lowest BCUT2D eigenvalue weighted by atomic mass is 10.1. The lowest BCUT2D eigenvalue weighted by Crippen LogP contribution is -2.22. The molecule has 104 valence electrons. The van der Waals surface area contributed by atoms with Gasteiger partial charge in [-0.3, -0.25) is 0 Å². The van der Waals surface area contributed by atoms with Gasteiger partial charge < -0.3 is 14.7 Å². The maximum atomic E-state index is 10.8. The fourth-order valence-electron chi connectivity index (χ4n) is 2.42. The molecule has 19 heavy (non-hydrogen) atoms. The third kappa shape index (κ3) is 3.96. The molecule has 1 aliphatic heterocycles.